The molecule has 0 aliphatic heterocycles. The van der Waals surface area contributed by atoms with Crippen molar-refractivity contribution >= 4 is 35.0 Å². The van der Waals surface area contributed by atoms with E-state index in [9.17, 15) is 23.1 Å². The maximum absolute atomic E-state index is 12.7. The van der Waals surface area contributed by atoms with Gasteiger partial charge in [0.1, 0.15) is 0 Å². The molecule has 8 heteroatoms. The minimum Gasteiger partial charge on any atom is -0.373 e. The van der Waals surface area contributed by atoms with Crippen LogP contribution in [0, 0.1) is 0 Å². The molecule has 0 unspecified atom stereocenters. The van der Waals surface area contributed by atoms with Crippen LogP contribution >= 0.6 is 23.4 Å². The zero-order chi connectivity index (χ0) is 18.0. The van der Waals surface area contributed by atoms with Crippen molar-refractivity contribution < 1.29 is 23.1 Å². The normalized spacial score (nSPS) is 18.9. The van der Waals surface area contributed by atoms with Crippen LogP contribution in [0.5, 0.6) is 0 Å². The van der Waals surface area contributed by atoms with Gasteiger partial charge in [0.2, 0.25) is 5.60 Å². The Bertz CT molecular complexity index is 601. The van der Waals surface area contributed by atoms with Crippen molar-refractivity contribution in [3.05, 3.63) is 23.2 Å². The monoisotopic (exact) mass is 381 g/mol. The SMILES string of the molecule is C[C@@](O)(C(=O)Nc1ccc(SC2CCCCC2)cc1Cl)C(F)(F)F. The number of thioether (sulfide) groups is 1. The van der Waals surface area contributed by atoms with Gasteiger partial charge in [0.25, 0.3) is 5.91 Å². The van der Waals surface area contributed by atoms with Gasteiger partial charge in [-0.05, 0) is 38.0 Å². The van der Waals surface area contributed by atoms with E-state index in [2.05, 4.69) is 0 Å². The molecule has 1 saturated carbocycles. The molecule has 1 atom stereocenters. The lowest BCUT2D eigenvalue weighted by atomic mass is 10.0. The number of alkyl halides is 3. The van der Waals surface area contributed by atoms with Crippen molar-refractivity contribution in [2.45, 2.75) is 61.0 Å². The Hall–Kier alpha value is -0.920. The molecule has 2 rings (SSSR count). The Morgan fingerprint density at radius 2 is 1.92 bits per heavy atom. The molecular weight excluding hydrogens is 363 g/mol. The number of nitrogens with one attached hydrogen (secondary N) is 1. The minimum absolute atomic E-state index is 0.0409. The van der Waals surface area contributed by atoms with E-state index in [0.717, 1.165) is 17.7 Å². The van der Waals surface area contributed by atoms with Gasteiger partial charge in [-0.25, -0.2) is 0 Å². The summed E-state index contributed by atoms with van der Waals surface area (Å²) in [5, 5.41) is 12.1. The summed E-state index contributed by atoms with van der Waals surface area (Å²) in [6.45, 7) is 0.406. The first-order valence-corrected chi connectivity index (χ1v) is 8.94. The topological polar surface area (TPSA) is 49.3 Å². The van der Waals surface area contributed by atoms with Gasteiger partial charge in [0.05, 0.1) is 10.7 Å². The van der Waals surface area contributed by atoms with Crippen LogP contribution in [0.2, 0.25) is 5.02 Å². The van der Waals surface area contributed by atoms with Gasteiger partial charge < -0.3 is 10.4 Å². The number of halogens is 4. The molecule has 1 amide bonds. The summed E-state index contributed by atoms with van der Waals surface area (Å²) in [6, 6.07) is 4.79. The van der Waals surface area contributed by atoms with Crippen LogP contribution in [-0.2, 0) is 4.79 Å². The molecule has 3 nitrogen and oxygen atoms in total. The van der Waals surface area contributed by atoms with Crippen LogP contribution in [0.15, 0.2) is 23.1 Å². The van der Waals surface area contributed by atoms with Crippen LogP contribution in [0.4, 0.5) is 18.9 Å². The first-order valence-electron chi connectivity index (χ1n) is 7.68. The van der Waals surface area contributed by atoms with Crippen molar-refractivity contribution in [3.8, 4) is 0 Å². The van der Waals surface area contributed by atoms with Crippen molar-refractivity contribution in [1.82, 2.24) is 0 Å². The second-order valence-electron chi connectivity index (χ2n) is 6.04. The lowest BCUT2D eigenvalue weighted by Gasteiger charge is -2.25. The second-order valence-corrected chi connectivity index (χ2v) is 7.82. The summed E-state index contributed by atoms with van der Waals surface area (Å²) in [6.07, 6.45) is 0.852. The van der Waals surface area contributed by atoms with Crippen LogP contribution in [-0.4, -0.2) is 28.0 Å². The highest BCUT2D eigenvalue weighted by Gasteiger charge is 2.55. The number of hydrogen-bond acceptors (Lipinski definition) is 3. The molecule has 1 fully saturated rings. The fourth-order valence-corrected chi connectivity index (χ4v) is 4.00. The van der Waals surface area contributed by atoms with E-state index in [1.807, 2.05) is 5.32 Å². The highest BCUT2D eigenvalue weighted by Crippen LogP contribution is 2.37. The van der Waals surface area contributed by atoms with E-state index in [4.69, 9.17) is 11.6 Å². The van der Waals surface area contributed by atoms with Crippen LogP contribution < -0.4 is 5.32 Å². The zero-order valence-corrected chi connectivity index (χ0v) is 14.7. The summed E-state index contributed by atoms with van der Waals surface area (Å²) < 4.78 is 38.0. The number of amides is 1. The van der Waals surface area contributed by atoms with Gasteiger partial charge in [-0.15, -0.1) is 11.8 Å². The molecule has 2 N–H and O–H groups in total. The first-order chi connectivity index (χ1) is 11.1. The van der Waals surface area contributed by atoms with E-state index in [1.54, 1.807) is 23.9 Å². The maximum Gasteiger partial charge on any atom is 0.426 e. The molecule has 1 aliphatic rings. The number of benzene rings is 1. The fraction of sp³-hybridized carbons (Fsp3) is 0.562. The van der Waals surface area contributed by atoms with E-state index in [0.29, 0.717) is 12.2 Å². The van der Waals surface area contributed by atoms with Crippen molar-refractivity contribution in [2.75, 3.05) is 5.32 Å². The molecule has 1 aliphatic carbocycles. The van der Waals surface area contributed by atoms with Crippen LogP contribution in [0.1, 0.15) is 39.0 Å². The summed E-state index contributed by atoms with van der Waals surface area (Å²) in [7, 11) is 0. The molecule has 0 bridgehead atoms. The highest BCUT2D eigenvalue weighted by atomic mass is 35.5. The molecule has 0 aromatic heterocycles. The molecule has 134 valence electrons. The fourth-order valence-electron chi connectivity index (χ4n) is 2.42. The molecule has 1 aromatic carbocycles. The van der Waals surface area contributed by atoms with Gasteiger partial charge in [0, 0.05) is 10.1 Å². The Morgan fingerprint density at radius 1 is 1.29 bits per heavy atom. The van der Waals surface area contributed by atoms with Crippen LogP contribution in [0.25, 0.3) is 0 Å². The number of carbonyl (C=O) groups is 1. The van der Waals surface area contributed by atoms with Crippen LogP contribution in [0.3, 0.4) is 0 Å². The number of hydrogen-bond donors (Lipinski definition) is 2. The maximum atomic E-state index is 12.7. The summed E-state index contributed by atoms with van der Waals surface area (Å²) in [4.78, 5) is 12.6. The molecule has 24 heavy (non-hydrogen) atoms. The summed E-state index contributed by atoms with van der Waals surface area (Å²) in [5.74, 6) is -1.57. The second kappa shape index (κ2) is 7.54. The van der Waals surface area contributed by atoms with Gasteiger partial charge >= 0.3 is 6.18 Å². The Labute approximate surface area is 148 Å². The average Bonchev–Trinajstić information content (AvgIpc) is 2.49. The zero-order valence-electron chi connectivity index (χ0n) is 13.1. The van der Waals surface area contributed by atoms with Crippen molar-refractivity contribution in [3.63, 3.8) is 0 Å². The Morgan fingerprint density at radius 3 is 2.46 bits per heavy atom. The standard InChI is InChI=1S/C16H19ClF3NO2S/c1-15(23,16(18,19)20)14(22)21-13-8-7-11(9-12(13)17)24-10-5-3-2-4-6-10/h7-10,23H,2-6H2,1H3,(H,21,22)/t15-/m1/s1. The molecular formula is C16H19ClF3NO2S. The number of rotatable bonds is 4. The van der Waals surface area contributed by atoms with E-state index >= 15 is 0 Å². The first kappa shape index (κ1) is 19.4. The number of aliphatic hydroxyl groups is 1. The lowest BCUT2D eigenvalue weighted by Crippen LogP contribution is -2.52. The van der Waals surface area contributed by atoms with Gasteiger partial charge in [-0.3, -0.25) is 4.79 Å². The highest BCUT2D eigenvalue weighted by molar-refractivity contribution is 8.00. The molecule has 1 aromatic rings. The lowest BCUT2D eigenvalue weighted by molar-refractivity contribution is -0.242. The number of anilines is 1. The van der Waals surface area contributed by atoms with E-state index < -0.39 is 17.7 Å². The largest absolute Gasteiger partial charge is 0.426 e. The predicted octanol–water partition coefficient (Wildman–Crippen LogP) is 5.02. The molecule has 0 radical (unpaired) electrons. The predicted molar refractivity (Wildman–Crippen MR) is 89.5 cm³/mol. The van der Waals surface area contributed by atoms with E-state index in [1.165, 1.54) is 25.3 Å². The molecule has 0 saturated heterocycles. The van der Waals surface area contributed by atoms with Crippen molar-refractivity contribution in [2.24, 2.45) is 0 Å². The third kappa shape index (κ3) is 4.58. The van der Waals surface area contributed by atoms with Gasteiger partial charge in [-0.1, -0.05) is 30.9 Å². The third-order valence-corrected chi connectivity index (χ3v) is 5.68. The Balaban J connectivity index is 2.05. The Kier molecular flexibility index (Phi) is 6.09. The summed E-state index contributed by atoms with van der Waals surface area (Å²) >= 11 is 7.75. The minimum atomic E-state index is -5.07. The molecule has 0 heterocycles. The quantitative estimate of drug-likeness (QED) is 0.770. The third-order valence-electron chi connectivity index (χ3n) is 4.04. The smallest absolute Gasteiger partial charge is 0.373 e. The van der Waals surface area contributed by atoms with Crippen molar-refractivity contribution in [1.29, 1.82) is 0 Å². The summed E-state index contributed by atoms with van der Waals surface area (Å²) in [5.41, 5.74) is -3.44. The van der Waals surface area contributed by atoms with E-state index in [-0.39, 0.29) is 10.7 Å². The number of carbonyl (C=O) groups excluding carboxylic acids is 1. The van der Waals surface area contributed by atoms with Gasteiger partial charge in [0.15, 0.2) is 0 Å². The van der Waals surface area contributed by atoms with Gasteiger partial charge in [-0.2, -0.15) is 13.2 Å². The average molecular weight is 382 g/mol. The molecule has 0 spiro atoms.